The molecule has 2 unspecified atom stereocenters. The standard InChI is InChI=1S/C14H20N2O2S/c1-11-6-5-7-12(2)16(11)13(17)10-19-14-8-3-4-9-15(14)18/h3-4,8-9,11-12H,5-7,10H2,1-2H3. The summed E-state index contributed by atoms with van der Waals surface area (Å²) >= 11 is 1.31. The van der Waals surface area contributed by atoms with E-state index >= 15 is 0 Å². The van der Waals surface area contributed by atoms with Gasteiger partial charge in [0.15, 0.2) is 6.20 Å². The van der Waals surface area contributed by atoms with Crippen LogP contribution in [0.4, 0.5) is 0 Å². The molecule has 1 amide bonds. The Labute approximate surface area is 118 Å². The third-order valence-electron chi connectivity index (χ3n) is 3.61. The Morgan fingerprint density at radius 1 is 1.42 bits per heavy atom. The van der Waals surface area contributed by atoms with Crippen LogP contribution in [0.15, 0.2) is 29.4 Å². The maximum absolute atomic E-state index is 12.3. The first kappa shape index (κ1) is 14.2. The Morgan fingerprint density at radius 3 is 2.74 bits per heavy atom. The molecule has 1 aliphatic heterocycles. The molecule has 0 bridgehead atoms. The Kier molecular flexibility index (Phi) is 4.69. The highest BCUT2D eigenvalue weighted by atomic mass is 32.2. The van der Waals surface area contributed by atoms with Crippen molar-refractivity contribution in [2.45, 2.75) is 50.2 Å². The van der Waals surface area contributed by atoms with E-state index in [-0.39, 0.29) is 5.91 Å². The second-order valence-electron chi connectivity index (χ2n) is 5.08. The van der Waals surface area contributed by atoms with Crippen LogP contribution >= 0.6 is 11.8 Å². The van der Waals surface area contributed by atoms with Gasteiger partial charge in [-0.2, -0.15) is 4.73 Å². The van der Waals surface area contributed by atoms with Gasteiger partial charge in [0.2, 0.25) is 5.91 Å². The Balaban J connectivity index is 1.95. The molecule has 1 aliphatic rings. The molecule has 5 heteroatoms. The summed E-state index contributed by atoms with van der Waals surface area (Å²) in [4.78, 5) is 14.3. The van der Waals surface area contributed by atoms with E-state index < -0.39 is 0 Å². The Morgan fingerprint density at radius 2 is 2.11 bits per heavy atom. The molecular formula is C14H20N2O2S. The maximum atomic E-state index is 12.3. The first-order chi connectivity index (χ1) is 9.09. The molecule has 104 valence electrons. The SMILES string of the molecule is CC1CCCC(C)N1C(=O)CSc1cccc[n+]1[O-]. The Bertz CT molecular complexity index is 443. The molecule has 0 radical (unpaired) electrons. The number of aromatic nitrogens is 1. The molecule has 0 aliphatic carbocycles. The van der Waals surface area contributed by atoms with Gasteiger partial charge >= 0.3 is 0 Å². The highest BCUT2D eigenvalue weighted by molar-refractivity contribution is 7.99. The molecule has 2 atom stereocenters. The quantitative estimate of drug-likeness (QED) is 0.484. The van der Waals surface area contributed by atoms with Gasteiger partial charge in [-0.25, -0.2) is 0 Å². The molecule has 1 aromatic heterocycles. The van der Waals surface area contributed by atoms with E-state index in [9.17, 15) is 10.0 Å². The van der Waals surface area contributed by atoms with Crippen LogP contribution in [-0.2, 0) is 4.79 Å². The minimum Gasteiger partial charge on any atom is -0.618 e. The number of hydrogen-bond donors (Lipinski definition) is 0. The van der Waals surface area contributed by atoms with Gasteiger partial charge < -0.3 is 10.1 Å². The van der Waals surface area contributed by atoms with Gasteiger partial charge in [-0.05, 0) is 50.9 Å². The number of nitrogens with zero attached hydrogens (tertiary/aromatic N) is 2. The number of hydrogen-bond acceptors (Lipinski definition) is 3. The van der Waals surface area contributed by atoms with Crippen molar-refractivity contribution < 1.29 is 9.52 Å². The molecule has 1 saturated heterocycles. The predicted molar refractivity (Wildman–Crippen MR) is 75.7 cm³/mol. The van der Waals surface area contributed by atoms with Crippen LogP contribution in [0.3, 0.4) is 0 Å². The minimum atomic E-state index is 0.133. The van der Waals surface area contributed by atoms with E-state index in [0.717, 1.165) is 17.6 Å². The molecule has 0 saturated carbocycles. The zero-order valence-corrected chi connectivity index (χ0v) is 12.2. The van der Waals surface area contributed by atoms with E-state index in [1.54, 1.807) is 12.1 Å². The normalized spacial score (nSPS) is 23.4. The van der Waals surface area contributed by atoms with Gasteiger partial charge in [-0.1, -0.05) is 0 Å². The first-order valence-corrected chi connectivity index (χ1v) is 7.70. The average molecular weight is 280 g/mol. The predicted octanol–water partition coefficient (Wildman–Crippen LogP) is 2.20. The second-order valence-corrected chi connectivity index (χ2v) is 6.08. The van der Waals surface area contributed by atoms with Crippen LogP contribution in [0.2, 0.25) is 0 Å². The number of carbonyl (C=O) groups is 1. The fourth-order valence-electron chi connectivity index (χ4n) is 2.65. The maximum Gasteiger partial charge on any atom is 0.251 e. The highest BCUT2D eigenvalue weighted by Gasteiger charge is 2.29. The zero-order chi connectivity index (χ0) is 13.8. The summed E-state index contributed by atoms with van der Waals surface area (Å²) in [5.74, 6) is 0.467. The van der Waals surface area contributed by atoms with Crippen LogP contribution in [0, 0.1) is 5.21 Å². The van der Waals surface area contributed by atoms with Crippen molar-refractivity contribution in [2.75, 3.05) is 5.75 Å². The van der Waals surface area contributed by atoms with Crippen LogP contribution in [-0.4, -0.2) is 28.6 Å². The van der Waals surface area contributed by atoms with Gasteiger partial charge in [0.1, 0.15) is 0 Å². The number of thioether (sulfide) groups is 1. The number of rotatable bonds is 3. The van der Waals surface area contributed by atoms with Gasteiger partial charge in [0, 0.05) is 24.2 Å². The lowest BCUT2D eigenvalue weighted by molar-refractivity contribution is -0.645. The summed E-state index contributed by atoms with van der Waals surface area (Å²) in [5, 5.41) is 12.1. The molecule has 19 heavy (non-hydrogen) atoms. The smallest absolute Gasteiger partial charge is 0.251 e. The molecular weight excluding hydrogens is 260 g/mol. The number of pyridine rings is 1. The molecule has 1 fully saturated rings. The van der Waals surface area contributed by atoms with E-state index in [0.29, 0.717) is 22.9 Å². The van der Waals surface area contributed by atoms with Crippen LogP contribution < -0.4 is 4.73 Å². The lowest BCUT2D eigenvalue weighted by Gasteiger charge is -2.39. The van der Waals surface area contributed by atoms with Crippen molar-refractivity contribution in [1.82, 2.24) is 4.90 Å². The van der Waals surface area contributed by atoms with Crippen molar-refractivity contribution in [3.63, 3.8) is 0 Å². The van der Waals surface area contributed by atoms with E-state index in [4.69, 9.17) is 0 Å². The third kappa shape index (κ3) is 3.41. The third-order valence-corrected chi connectivity index (χ3v) is 4.62. The van der Waals surface area contributed by atoms with E-state index in [1.165, 1.54) is 24.4 Å². The lowest BCUT2D eigenvalue weighted by atomic mass is 9.98. The molecule has 0 spiro atoms. The fourth-order valence-corrected chi connectivity index (χ4v) is 3.43. The summed E-state index contributed by atoms with van der Waals surface area (Å²) < 4.78 is 0.807. The summed E-state index contributed by atoms with van der Waals surface area (Å²) in [6, 6.07) is 5.87. The number of piperidine rings is 1. The van der Waals surface area contributed by atoms with Crippen LogP contribution in [0.1, 0.15) is 33.1 Å². The summed E-state index contributed by atoms with van der Waals surface area (Å²) in [5.41, 5.74) is 0. The van der Waals surface area contributed by atoms with Gasteiger partial charge in [-0.3, -0.25) is 4.79 Å². The van der Waals surface area contributed by atoms with Crippen LogP contribution in [0.25, 0.3) is 0 Å². The average Bonchev–Trinajstić information content (AvgIpc) is 2.37. The monoisotopic (exact) mass is 280 g/mol. The van der Waals surface area contributed by atoms with Crippen molar-refractivity contribution in [3.05, 3.63) is 29.6 Å². The Hall–Kier alpha value is -1.23. The van der Waals surface area contributed by atoms with E-state index in [1.807, 2.05) is 11.0 Å². The van der Waals surface area contributed by atoms with Crippen molar-refractivity contribution in [3.8, 4) is 0 Å². The van der Waals surface area contributed by atoms with Crippen LogP contribution in [0.5, 0.6) is 0 Å². The fraction of sp³-hybridized carbons (Fsp3) is 0.571. The zero-order valence-electron chi connectivity index (χ0n) is 11.4. The first-order valence-electron chi connectivity index (χ1n) is 6.71. The summed E-state index contributed by atoms with van der Waals surface area (Å²) in [6.07, 6.45) is 4.80. The summed E-state index contributed by atoms with van der Waals surface area (Å²) in [6.45, 7) is 4.21. The minimum absolute atomic E-state index is 0.133. The molecule has 1 aromatic rings. The van der Waals surface area contributed by atoms with Gasteiger partial charge in [0.05, 0.1) is 5.75 Å². The van der Waals surface area contributed by atoms with E-state index in [2.05, 4.69) is 13.8 Å². The summed E-state index contributed by atoms with van der Waals surface area (Å²) in [7, 11) is 0. The molecule has 2 heterocycles. The van der Waals surface area contributed by atoms with Gasteiger partial charge in [0.25, 0.3) is 5.03 Å². The van der Waals surface area contributed by atoms with Crippen molar-refractivity contribution in [1.29, 1.82) is 0 Å². The molecule has 4 nitrogen and oxygen atoms in total. The molecule has 2 rings (SSSR count). The highest BCUT2D eigenvalue weighted by Crippen LogP contribution is 2.24. The largest absolute Gasteiger partial charge is 0.618 e. The number of likely N-dealkylation sites (tertiary alicyclic amines) is 1. The topological polar surface area (TPSA) is 47.2 Å². The number of amides is 1. The lowest BCUT2D eigenvalue weighted by Crippen LogP contribution is -2.48. The number of carbonyl (C=O) groups excluding carboxylic acids is 1. The van der Waals surface area contributed by atoms with Gasteiger partial charge in [-0.15, -0.1) is 0 Å². The molecule has 0 N–H and O–H groups in total. The second kappa shape index (κ2) is 6.28. The molecule has 0 aromatic carbocycles. The van der Waals surface area contributed by atoms with Crippen molar-refractivity contribution in [2.24, 2.45) is 0 Å². The van der Waals surface area contributed by atoms with Crippen molar-refractivity contribution >= 4 is 17.7 Å².